The lowest BCUT2D eigenvalue weighted by Gasteiger charge is -2.02. The molecular weight excluding hydrogens is 312 g/mol. The lowest BCUT2D eigenvalue weighted by molar-refractivity contribution is 1.40. The van der Waals surface area contributed by atoms with Crippen molar-refractivity contribution in [2.75, 3.05) is 0 Å². The molecule has 4 rings (SSSR count). The molecule has 1 N–H and O–H groups in total. The van der Waals surface area contributed by atoms with Gasteiger partial charge in [0.1, 0.15) is 0 Å². The maximum Gasteiger partial charge on any atom is 0.0731 e. The number of fused-ring (bicyclic) bond motifs is 2. The number of para-hydroxylation sites is 1. The van der Waals surface area contributed by atoms with E-state index in [0.717, 1.165) is 32.1 Å². The van der Waals surface area contributed by atoms with Crippen molar-refractivity contribution in [1.82, 2.24) is 9.97 Å². The van der Waals surface area contributed by atoms with Crippen LogP contribution in [0.1, 0.15) is 0 Å². The Labute approximate surface area is 124 Å². The molecule has 0 atom stereocenters. The molecule has 0 amide bonds. The van der Waals surface area contributed by atoms with Crippen molar-refractivity contribution in [2.45, 2.75) is 0 Å². The van der Waals surface area contributed by atoms with E-state index in [1.807, 2.05) is 30.5 Å². The fourth-order valence-corrected chi connectivity index (χ4v) is 2.88. The van der Waals surface area contributed by atoms with Crippen molar-refractivity contribution in [2.24, 2.45) is 0 Å². The summed E-state index contributed by atoms with van der Waals surface area (Å²) in [5.41, 5.74) is 4.27. The van der Waals surface area contributed by atoms with Gasteiger partial charge in [-0.25, -0.2) is 4.98 Å². The smallest absolute Gasteiger partial charge is 0.0731 e. The van der Waals surface area contributed by atoms with E-state index in [1.54, 1.807) is 0 Å². The van der Waals surface area contributed by atoms with Crippen LogP contribution in [-0.2, 0) is 0 Å². The Kier molecular flexibility index (Phi) is 2.60. The molecule has 0 aliphatic heterocycles. The zero-order valence-corrected chi connectivity index (χ0v) is 12.2. The molecule has 2 aromatic heterocycles. The lowest BCUT2D eigenvalue weighted by Crippen LogP contribution is -1.84. The summed E-state index contributed by atoms with van der Waals surface area (Å²) in [5, 5.41) is 2.35. The van der Waals surface area contributed by atoms with E-state index in [9.17, 15) is 0 Å². The van der Waals surface area contributed by atoms with Gasteiger partial charge in [0, 0.05) is 32.5 Å². The van der Waals surface area contributed by atoms with Crippen molar-refractivity contribution in [3.05, 3.63) is 65.3 Å². The standard InChI is InChI=1S/C17H11BrN2/c18-12-6-8-16-13(9-12)14(10-19-16)17-7-5-11-3-1-2-4-15(11)20-17/h1-10,19H. The third-order valence-electron chi connectivity index (χ3n) is 3.52. The molecule has 4 aromatic rings. The normalized spacial score (nSPS) is 11.2. The SMILES string of the molecule is Brc1ccc2[nH]cc(-c3ccc4ccccc4n3)c2c1. The quantitative estimate of drug-likeness (QED) is 0.516. The molecular formula is C17H11BrN2. The van der Waals surface area contributed by atoms with E-state index >= 15 is 0 Å². The minimum atomic E-state index is 0.994. The second kappa shape index (κ2) is 4.46. The second-order valence-electron chi connectivity index (χ2n) is 4.78. The molecule has 0 saturated heterocycles. The number of benzene rings is 2. The van der Waals surface area contributed by atoms with Gasteiger partial charge in [-0.1, -0.05) is 40.2 Å². The molecule has 96 valence electrons. The molecule has 2 nitrogen and oxygen atoms in total. The summed E-state index contributed by atoms with van der Waals surface area (Å²) in [6.07, 6.45) is 2.02. The van der Waals surface area contributed by atoms with Crippen molar-refractivity contribution < 1.29 is 0 Å². The molecule has 0 unspecified atom stereocenters. The summed E-state index contributed by atoms with van der Waals surface area (Å²) >= 11 is 3.53. The first-order chi connectivity index (χ1) is 9.81. The maximum absolute atomic E-state index is 4.76. The molecule has 2 aromatic carbocycles. The van der Waals surface area contributed by atoms with Gasteiger partial charge < -0.3 is 4.98 Å². The van der Waals surface area contributed by atoms with Crippen LogP contribution in [0, 0.1) is 0 Å². The Morgan fingerprint density at radius 1 is 0.950 bits per heavy atom. The number of rotatable bonds is 1. The van der Waals surface area contributed by atoms with Crippen LogP contribution < -0.4 is 0 Å². The first-order valence-electron chi connectivity index (χ1n) is 6.44. The molecule has 0 aliphatic carbocycles. The van der Waals surface area contributed by atoms with Gasteiger partial charge in [-0.2, -0.15) is 0 Å². The Balaban J connectivity index is 1.98. The zero-order valence-electron chi connectivity index (χ0n) is 10.6. The number of hydrogen-bond acceptors (Lipinski definition) is 1. The highest BCUT2D eigenvalue weighted by Gasteiger charge is 2.08. The van der Waals surface area contributed by atoms with Crippen LogP contribution in [0.3, 0.4) is 0 Å². The molecule has 0 bridgehead atoms. The number of pyridine rings is 1. The third kappa shape index (κ3) is 1.82. The molecule has 2 heterocycles. The molecule has 3 heteroatoms. The average Bonchev–Trinajstić information content (AvgIpc) is 2.89. The van der Waals surface area contributed by atoms with Crippen molar-refractivity contribution >= 4 is 37.7 Å². The first kappa shape index (κ1) is 11.7. The highest BCUT2D eigenvalue weighted by atomic mass is 79.9. The van der Waals surface area contributed by atoms with Crippen LogP contribution in [-0.4, -0.2) is 9.97 Å². The molecule has 0 spiro atoms. The summed E-state index contributed by atoms with van der Waals surface area (Å²) in [5.74, 6) is 0. The predicted molar refractivity (Wildman–Crippen MR) is 86.7 cm³/mol. The van der Waals surface area contributed by atoms with Gasteiger partial charge in [-0.15, -0.1) is 0 Å². The summed E-state index contributed by atoms with van der Waals surface area (Å²) in [4.78, 5) is 8.06. The second-order valence-corrected chi connectivity index (χ2v) is 5.70. The highest BCUT2D eigenvalue weighted by Crippen LogP contribution is 2.30. The van der Waals surface area contributed by atoms with Gasteiger partial charge in [0.05, 0.1) is 11.2 Å². The predicted octanol–water partition coefficient (Wildman–Crippen LogP) is 5.15. The first-order valence-corrected chi connectivity index (χ1v) is 7.23. The maximum atomic E-state index is 4.76. The Morgan fingerprint density at radius 3 is 2.80 bits per heavy atom. The molecule has 20 heavy (non-hydrogen) atoms. The van der Waals surface area contributed by atoms with Crippen molar-refractivity contribution in [3.8, 4) is 11.3 Å². The summed E-state index contributed by atoms with van der Waals surface area (Å²) in [7, 11) is 0. The van der Waals surface area contributed by atoms with Crippen LogP contribution in [0.5, 0.6) is 0 Å². The van der Waals surface area contributed by atoms with Gasteiger partial charge in [0.15, 0.2) is 0 Å². The lowest BCUT2D eigenvalue weighted by atomic mass is 10.1. The fourth-order valence-electron chi connectivity index (χ4n) is 2.52. The number of aromatic amines is 1. The monoisotopic (exact) mass is 322 g/mol. The van der Waals surface area contributed by atoms with Gasteiger partial charge in [0.25, 0.3) is 0 Å². The number of halogens is 1. The van der Waals surface area contributed by atoms with E-state index in [0.29, 0.717) is 0 Å². The van der Waals surface area contributed by atoms with Gasteiger partial charge in [0.2, 0.25) is 0 Å². The highest BCUT2D eigenvalue weighted by molar-refractivity contribution is 9.10. The summed E-state index contributed by atoms with van der Waals surface area (Å²) < 4.78 is 1.08. The van der Waals surface area contributed by atoms with E-state index in [2.05, 4.69) is 51.2 Å². The van der Waals surface area contributed by atoms with E-state index in [1.165, 1.54) is 5.39 Å². The summed E-state index contributed by atoms with van der Waals surface area (Å²) in [6, 6.07) is 18.6. The molecule has 0 radical (unpaired) electrons. The summed E-state index contributed by atoms with van der Waals surface area (Å²) in [6.45, 7) is 0. The van der Waals surface area contributed by atoms with Crippen LogP contribution in [0.15, 0.2) is 65.3 Å². The topological polar surface area (TPSA) is 28.7 Å². The largest absolute Gasteiger partial charge is 0.360 e. The van der Waals surface area contributed by atoms with Crippen LogP contribution in [0.25, 0.3) is 33.1 Å². The number of aromatic nitrogens is 2. The van der Waals surface area contributed by atoms with Crippen LogP contribution in [0.2, 0.25) is 0 Å². The minimum Gasteiger partial charge on any atom is -0.360 e. The number of hydrogen-bond donors (Lipinski definition) is 1. The minimum absolute atomic E-state index is 0.994. The van der Waals surface area contributed by atoms with E-state index in [-0.39, 0.29) is 0 Å². The fraction of sp³-hybridized carbons (Fsp3) is 0. The molecule has 0 saturated carbocycles. The van der Waals surface area contributed by atoms with Crippen LogP contribution in [0.4, 0.5) is 0 Å². The zero-order chi connectivity index (χ0) is 13.5. The average molecular weight is 323 g/mol. The van der Waals surface area contributed by atoms with Gasteiger partial charge in [-0.05, 0) is 30.3 Å². The van der Waals surface area contributed by atoms with Crippen molar-refractivity contribution in [1.29, 1.82) is 0 Å². The van der Waals surface area contributed by atoms with Crippen LogP contribution >= 0.6 is 15.9 Å². The number of nitrogens with one attached hydrogen (secondary N) is 1. The number of H-pyrrole nitrogens is 1. The Bertz CT molecular complexity index is 924. The van der Waals surface area contributed by atoms with Gasteiger partial charge >= 0.3 is 0 Å². The third-order valence-corrected chi connectivity index (χ3v) is 4.01. The van der Waals surface area contributed by atoms with E-state index in [4.69, 9.17) is 4.98 Å². The Hall–Kier alpha value is -2.13. The molecule has 0 fully saturated rings. The number of nitrogens with zero attached hydrogens (tertiary/aromatic N) is 1. The molecule has 0 aliphatic rings. The van der Waals surface area contributed by atoms with Gasteiger partial charge in [-0.3, -0.25) is 0 Å². The Morgan fingerprint density at radius 2 is 1.85 bits per heavy atom. The van der Waals surface area contributed by atoms with Crippen molar-refractivity contribution in [3.63, 3.8) is 0 Å². The van der Waals surface area contributed by atoms with E-state index < -0.39 is 0 Å².